The van der Waals surface area contributed by atoms with Gasteiger partial charge in [0.25, 0.3) is 5.91 Å². The molecule has 30 heavy (non-hydrogen) atoms. The highest BCUT2D eigenvalue weighted by molar-refractivity contribution is 9.10. The van der Waals surface area contributed by atoms with Crippen LogP contribution in [-0.4, -0.2) is 25.2 Å². The minimum absolute atomic E-state index is 0.313. The minimum Gasteiger partial charge on any atom is -0.497 e. The van der Waals surface area contributed by atoms with Crippen molar-refractivity contribution in [3.8, 4) is 11.5 Å². The second-order valence-corrected chi connectivity index (χ2v) is 7.28. The van der Waals surface area contributed by atoms with Gasteiger partial charge in [-0.05, 0) is 61.5 Å². The van der Waals surface area contributed by atoms with E-state index in [-0.39, 0.29) is 5.91 Å². The van der Waals surface area contributed by atoms with Gasteiger partial charge in [0, 0.05) is 15.6 Å². The molecule has 3 aromatic carbocycles. The second-order valence-electron chi connectivity index (χ2n) is 6.37. The second kappa shape index (κ2) is 9.84. The number of aryl methyl sites for hydroxylation is 1. The van der Waals surface area contributed by atoms with Gasteiger partial charge in [0.1, 0.15) is 11.5 Å². The van der Waals surface area contributed by atoms with E-state index in [0.717, 1.165) is 10.0 Å². The smallest absolute Gasteiger partial charge is 0.343 e. The molecular formula is C23H19BrN2O4. The Morgan fingerprint density at radius 3 is 2.47 bits per heavy atom. The third-order valence-electron chi connectivity index (χ3n) is 4.15. The van der Waals surface area contributed by atoms with Crippen LogP contribution in [0.3, 0.4) is 0 Å². The molecule has 6 nitrogen and oxygen atoms in total. The number of benzene rings is 3. The van der Waals surface area contributed by atoms with Crippen molar-refractivity contribution in [2.75, 3.05) is 7.11 Å². The lowest BCUT2D eigenvalue weighted by atomic mass is 10.1. The first-order chi connectivity index (χ1) is 14.5. The quantitative estimate of drug-likeness (QED) is 0.246. The summed E-state index contributed by atoms with van der Waals surface area (Å²) in [7, 11) is 1.55. The van der Waals surface area contributed by atoms with Gasteiger partial charge in [-0.25, -0.2) is 10.2 Å². The summed E-state index contributed by atoms with van der Waals surface area (Å²) in [6.07, 6.45) is 1.43. The summed E-state index contributed by atoms with van der Waals surface area (Å²) in [6, 6.07) is 18.9. The number of nitrogens with zero attached hydrogens (tertiary/aromatic N) is 1. The topological polar surface area (TPSA) is 77.0 Å². The molecule has 0 aliphatic rings. The van der Waals surface area contributed by atoms with Gasteiger partial charge < -0.3 is 9.47 Å². The van der Waals surface area contributed by atoms with Crippen LogP contribution < -0.4 is 14.9 Å². The number of amides is 1. The molecule has 7 heteroatoms. The van der Waals surface area contributed by atoms with Crippen LogP contribution in [0.15, 0.2) is 76.3 Å². The number of rotatable bonds is 6. The highest BCUT2D eigenvalue weighted by Gasteiger charge is 2.12. The van der Waals surface area contributed by atoms with E-state index >= 15 is 0 Å². The number of ether oxygens (including phenoxy) is 2. The highest BCUT2D eigenvalue weighted by Crippen LogP contribution is 2.23. The van der Waals surface area contributed by atoms with Crippen molar-refractivity contribution in [3.05, 3.63) is 93.5 Å². The van der Waals surface area contributed by atoms with Crippen molar-refractivity contribution in [3.63, 3.8) is 0 Å². The molecule has 0 unspecified atom stereocenters. The van der Waals surface area contributed by atoms with E-state index in [1.807, 2.05) is 13.0 Å². The third-order valence-corrected chi connectivity index (χ3v) is 4.64. The van der Waals surface area contributed by atoms with Gasteiger partial charge in [-0.1, -0.05) is 33.6 Å². The van der Waals surface area contributed by atoms with Crippen LogP contribution in [0.25, 0.3) is 0 Å². The van der Waals surface area contributed by atoms with Gasteiger partial charge in [0.2, 0.25) is 0 Å². The number of hydrazone groups is 1. The van der Waals surface area contributed by atoms with Crippen molar-refractivity contribution in [2.45, 2.75) is 6.92 Å². The van der Waals surface area contributed by atoms with E-state index in [1.165, 1.54) is 6.21 Å². The Bertz CT molecular complexity index is 1090. The molecule has 0 spiro atoms. The zero-order valence-electron chi connectivity index (χ0n) is 16.4. The minimum atomic E-state index is -0.515. The normalized spacial score (nSPS) is 10.6. The number of methoxy groups -OCH3 is 1. The first-order valence-electron chi connectivity index (χ1n) is 9.02. The van der Waals surface area contributed by atoms with Gasteiger partial charge in [-0.2, -0.15) is 5.10 Å². The molecule has 0 saturated carbocycles. The molecule has 0 atom stereocenters. The number of hydrogen-bond acceptors (Lipinski definition) is 5. The van der Waals surface area contributed by atoms with E-state index < -0.39 is 5.97 Å². The van der Waals surface area contributed by atoms with Crippen molar-refractivity contribution in [1.82, 2.24) is 5.43 Å². The van der Waals surface area contributed by atoms with Crippen LogP contribution in [0.1, 0.15) is 31.8 Å². The molecule has 0 heterocycles. The highest BCUT2D eigenvalue weighted by atomic mass is 79.9. The summed E-state index contributed by atoms with van der Waals surface area (Å²) in [5, 5.41) is 4.00. The lowest BCUT2D eigenvalue weighted by Crippen LogP contribution is -2.17. The Hall–Kier alpha value is -3.45. The standard InChI is InChI=1S/C23H19BrN2O4/c1-15-4-3-5-17(12-15)22(27)26-25-14-18-13-19(24)8-11-21(18)30-23(28)16-6-9-20(29-2)10-7-16/h3-14H,1-2H3,(H,26,27). The monoisotopic (exact) mass is 466 g/mol. The Morgan fingerprint density at radius 1 is 1.00 bits per heavy atom. The molecule has 3 aromatic rings. The molecular weight excluding hydrogens is 448 g/mol. The summed E-state index contributed by atoms with van der Waals surface area (Å²) < 4.78 is 11.4. The lowest BCUT2D eigenvalue weighted by molar-refractivity contribution is 0.0734. The molecule has 3 rings (SSSR count). The van der Waals surface area contributed by atoms with Crippen LogP contribution in [0.5, 0.6) is 11.5 Å². The SMILES string of the molecule is COc1ccc(C(=O)Oc2ccc(Br)cc2C=NNC(=O)c2cccc(C)c2)cc1. The first kappa shape index (κ1) is 21.3. The Morgan fingerprint density at radius 2 is 1.77 bits per heavy atom. The predicted molar refractivity (Wildman–Crippen MR) is 118 cm³/mol. The van der Waals surface area contributed by atoms with Gasteiger partial charge in [0.15, 0.2) is 0 Å². The summed E-state index contributed by atoms with van der Waals surface area (Å²) in [5.41, 5.74) is 4.87. The Labute approximate surface area is 182 Å². The average molecular weight is 467 g/mol. The molecule has 0 aromatic heterocycles. The molecule has 0 radical (unpaired) electrons. The maximum atomic E-state index is 12.5. The van der Waals surface area contributed by atoms with Gasteiger partial charge >= 0.3 is 5.97 Å². The zero-order chi connectivity index (χ0) is 21.5. The maximum absolute atomic E-state index is 12.5. The van der Waals surface area contributed by atoms with Gasteiger partial charge in [-0.3, -0.25) is 4.79 Å². The van der Waals surface area contributed by atoms with Crippen LogP contribution in [0.2, 0.25) is 0 Å². The number of halogens is 1. The Kier molecular flexibility index (Phi) is 6.98. The van der Waals surface area contributed by atoms with Crippen LogP contribution in [0, 0.1) is 6.92 Å². The number of carbonyl (C=O) groups is 2. The van der Waals surface area contributed by atoms with Crippen molar-refractivity contribution in [1.29, 1.82) is 0 Å². The Balaban J connectivity index is 1.73. The van der Waals surface area contributed by atoms with Crippen LogP contribution >= 0.6 is 15.9 Å². The zero-order valence-corrected chi connectivity index (χ0v) is 18.0. The predicted octanol–water partition coefficient (Wildman–Crippen LogP) is 4.75. The first-order valence-corrected chi connectivity index (χ1v) is 9.81. The van der Waals surface area contributed by atoms with E-state index in [4.69, 9.17) is 9.47 Å². The van der Waals surface area contributed by atoms with Crippen LogP contribution in [0.4, 0.5) is 0 Å². The molecule has 0 saturated heterocycles. The van der Waals surface area contributed by atoms with Gasteiger partial charge in [0.05, 0.1) is 18.9 Å². The fourth-order valence-corrected chi connectivity index (χ4v) is 2.99. The van der Waals surface area contributed by atoms with E-state index in [0.29, 0.717) is 28.2 Å². The third kappa shape index (κ3) is 5.55. The molecule has 1 amide bonds. The number of esters is 1. The molecule has 0 bridgehead atoms. The van der Waals surface area contributed by atoms with Gasteiger partial charge in [-0.15, -0.1) is 0 Å². The number of hydrogen-bond donors (Lipinski definition) is 1. The molecule has 1 N–H and O–H groups in total. The summed E-state index contributed by atoms with van der Waals surface area (Å²) >= 11 is 3.39. The maximum Gasteiger partial charge on any atom is 0.343 e. The lowest BCUT2D eigenvalue weighted by Gasteiger charge is -2.08. The number of nitrogens with one attached hydrogen (secondary N) is 1. The van der Waals surface area contributed by atoms with E-state index in [1.54, 1.807) is 67.8 Å². The largest absolute Gasteiger partial charge is 0.497 e. The molecule has 0 fully saturated rings. The fourth-order valence-electron chi connectivity index (χ4n) is 2.61. The van der Waals surface area contributed by atoms with E-state index in [9.17, 15) is 9.59 Å². The molecule has 152 valence electrons. The molecule has 0 aliphatic heterocycles. The average Bonchev–Trinajstić information content (AvgIpc) is 2.75. The number of carbonyl (C=O) groups excluding carboxylic acids is 2. The fraction of sp³-hybridized carbons (Fsp3) is 0.0870. The molecule has 0 aliphatic carbocycles. The summed E-state index contributed by atoms with van der Waals surface area (Å²) in [5.74, 6) is 0.111. The van der Waals surface area contributed by atoms with Crippen molar-refractivity contribution >= 4 is 34.0 Å². The van der Waals surface area contributed by atoms with Crippen molar-refractivity contribution < 1.29 is 19.1 Å². The van der Waals surface area contributed by atoms with Crippen LogP contribution in [-0.2, 0) is 0 Å². The summed E-state index contributed by atoms with van der Waals surface area (Å²) in [6.45, 7) is 1.91. The summed E-state index contributed by atoms with van der Waals surface area (Å²) in [4.78, 5) is 24.7. The van der Waals surface area contributed by atoms with E-state index in [2.05, 4.69) is 26.5 Å². The van der Waals surface area contributed by atoms with Crippen molar-refractivity contribution in [2.24, 2.45) is 5.10 Å².